The summed E-state index contributed by atoms with van der Waals surface area (Å²) in [5, 5.41) is 11.2. The average Bonchev–Trinajstić information content (AvgIpc) is 2.27. The van der Waals surface area contributed by atoms with Gasteiger partial charge in [-0.3, -0.25) is 0 Å². The van der Waals surface area contributed by atoms with E-state index in [4.69, 9.17) is 11.6 Å². The van der Waals surface area contributed by atoms with Crippen LogP contribution in [0.15, 0.2) is 12.3 Å². The molecular weight excluding hydrogens is 234 g/mol. The molecule has 0 spiro atoms. The van der Waals surface area contributed by atoms with Gasteiger partial charge in [0.2, 0.25) is 0 Å². The van der Waals surface area contributed by atoms with Gasteiger partial charge in [0.05, 0.1) is 11.9 Å². The van der Waals surface area contributed by atoms with E-state index >= 15 is 0 Å². The van der Waals surface area contributed by atoms with Gasteiger partial charge in [0.25, 0.3) is 0 Å². The van der Waals surface area contributed by atoms with Crippen LogP contribution in [-0.2, 0) is 0 Å². The van der Waals surface area contributed by atoms with Gasteiger partial charge in [0.1, 0.15) is 0 Å². The van der Waals surface area contributed by atoms with E-state index in [-0.39, 0.29) is 0 Å². The maximum atomic E-state index is 5.74. The van der Waals surface area contributed by atoms with Crippen molar-refractivity contribution in [2.75, 3.05) is 11.9 Å². The number of anilines is 1. The van der Waals surface area contributed by atoms with Crippen LogP contribution < -0.4 is 5.32 Å². The average molecular weight is 256 g/mol. The third-order valence-corrected chi connectivity index (χ3v) is 2.85. The van der Waals surface area contributed by atoms with Gasteiger partial charge in [-0.2, -0.15) is 5.10 Å². The molecule has 0 amide bonds. The van der Waals surface area contributed by atoms with Crippen molar-refractivity contribution < 1.29 is 0 Å². The molecule has 96 valence electrons. The number of aromatic nitrogens is 2. The van der Waals surface area contributed by atoms with Gasteiger partial charge < -0.3 is 5.32 Å². The molecule has 0 bridgehead atoms. The predicted molar refractivity (Wildman–Crippen MR) is 73.5 cm³/mol. The minimum atomic E-state index is 0.437. The van der Waals surface area contributed by atoms with E-state index in [9.17, 15) is 0 Å². The van der Waals surface area contributed by atoms with Crippen LogP contribution in [0.4, 0.5) is 5.69 Å². The summed E-state index contributed by atoms with van der Waals surface area (Å²) < 4.78 is 0. The first-order chi connectivity index (χ1) is 8.18. The van der Waals surface area contributed by atoms with Gasteiger partial charge in [0.15, 0.2) is 5.15 Å². The molecule has 0 aliphatic heterocycles. The zero-order valence-corrected chi connectivity index (χ0v) is 11.5. The first kappa shape index (κ1) is 14.2. The lowest BCUT2D eigenvalue weighted by Crippen LogP contribution is -2.02. The molecule has 4 heteroatoms. The molecule has 1 heterocycles. The number of nitrogens with zero attached hydrogens (tertiary/aromatic N) is 2. The summed E-state index contributed by atoms with van der Waals surface area (Å²) in [5.74, 6) is 0.832. The SMILES string of the molecule is CC(C)CCCCCCNc1cnnc(Cl)c1. The molecule has 17 heavy (non-hydrogen) atoms. The minimum absolute atomic E-state index is 0.437. The van der Waals surface area contributed by atoms with Crippen LogP contribution in [0.1, 0.15) is 46.0 Å². The highest BCUT2D eigenvalue weighted by atomic mass is 35.5. The fourth-order valence-electron chi connectivity index (χ4n) is 1.70. The number of rotatable bonds is 8. The second-order valence-corrected chi connectivity index (χ2v) is 5.18. The first-order valence-corrected chi connectivity index (χ1v) is 6.78. The molecule has 1 aromatic rings. The molecule has 1 aromatic heterocycles. The third kappa shape index (κ3) is 7.16. The molecular formula is C13H22ClN3. The van der Waals surface area contributed by atoms with E-state index in [0.29, 0.717) is 5.15 Å². The topological polar surface area (TPSA) is 37.8 Å². The Morgan fingerprint density at radius 1 is 1.24 bits per heavy atom. The summed E-state index contributed by atoms with van der Waals surface area (Å²) in [6.45, 7) is 5.53. The lowest BCUT2D eigenvalue weighted by molar-refractivity contribution is 0.523. The maximum absolute atomic E-state index is 5.74. The number of nitrogens with one attached hydrogen (secondary N) is 1. The van der Waals surface area contributed by atoms with Crippen molar-refractivity contribution in [3.63, 3.8) is 0 Å². The van der Waals surface area contributed by atoms with Gasteiger partial charge in [-0.05, 0) is 12.3 Å². The van der Waals surface area contributed by atoms with Crippen LogP contribution in [0.25, 0.3) is 0 Å². The van der Waals surface area contributed by atoms with E-state index in [1.807, 2.05) is 0 Å². The summed E-state index contributed by atoms with van der Waals surface area (Å²) >= 11 is 5.74. The second kappa shape index (κ2) is 8.29. The van der Waals surface area contributed by atoms with Gasteiger partial charge >= 0.3 is 0 Å². The Labute approximate surface area is 109 Å². The van der Waals surface area contributed by atoms with Crippen molar-refractivity contribution in [1.82, 2.24) is 10.2 Å². The van der Waals surface area contributed by atoms with Gasteiger partial charge in [0, 0.05) is 12.6 Å². The Balaban J connectivity index is 2.01. The summed E-state index contributed by atoms with van der Waals surface area (Å²) in [6.07, 6.45) is 8.20. The van der Waals surface area contributed by atoms with E-state index in [2.05, 4.69) is 29.4 Å². The van der Waals surface area contributed by atoms with Gasteiger partial charge in [-0.25, -0.2) is 0 Å². The van der Waals surface area contributed by atoms with Crippen molar-refractivity contribution in [2.45, 2.75) is 46.0 Å². The van der Waals surface area contributed by atoms with Crippen LogP contribution in [0.2, 0.25) is 5.15 Å². The highest BCUT2D eigenvalue weighted by Gasteiger charge is 1.96. The Kier molecular flexibility index (Phi) is 6.94. The highest BCUT2D eigenvalue weighted by Crippen LogP contribution is 2.12. The summed E-state index contributed by atoms with van der Waals surface area (Å²) in [5.41, 5.74) is 0.951. The molecule has 1 rings (SSSR count). The third-order valence-electron chi connectivity index (χ3n) is 2.66. The van der Waals surface area contributed by atoms with Crippen molar-refractivity contribution >= 4 is 17.3 Å². The zero-order valence-electron chi connectivity index (χ0n) is 10.7. The minimum Gasteiger partial charge on any atom is -0.384 e. The highest BCUT2D eigenvalue weighted by molar-refractivity contribution is 6.29. The zero-order chi connectivity index (χ0) is 12.5. The second-order valence-electron chi connectivity index (χ2n) is 4.79. The summed E-state index contributed by atoms with van der Waals surface area (Å²) in [7, 11) is 0. The molecule has 1 N–H and O–H groups in total. The Hall–Kier alpha value is -0.830. The van der Waals surface area contributed by atoms with Crippen molar-refractivity contribution in [2.24, 2.45) is 5.92 Å². The smallest absolute Gasteiger partial charge is 0.153 e. The van der Waals surface area contributed by atoms with Crippen LogP contribution in [0, 0.1) is 5.92 Å². The van der Waals surface area contributed by atoms with Crippen LogP contribution in [0.3, 0.4) is 0 Å². The summed E-state index contributed by atoms with van der Waals surface area (Å²) in [4.78, 5) is 0. The van der Waals surface area contributed by atoms with Crippen LogP contribution >= 0.6 is 11.6 Å². The molecule has 3 nitrogen and oxygen atoms in total. The quantitative estimate of drug-likeness (QED) is 0.709. The van der Waals surface area contributed by atoms with Gasteiger partial charge in [-0.1, -0.05) is 51.1 Å². The van der Waals surface area contributed by atoms with Crippen molar-refractivity contribution in [1.29, 1.82) is 0 Å². The number of unbranched alkanes of at least 4 members (excludes halogenated alkanes) is 3. The van der Waals surface area contributed by atoms with E-state index in [0.717, 1.165) is 18.2 Å². The van der Waals surface area contributed by atoms with Crippen molar-refractivity contribution in [3.8, 4) is 0 Å². The number of hydrogen-bond donors (Lipinski definition) is 1. The van der Waals surface area contributed by atoms with E-state index in [1.165, 1.54) is 32.1 Å². The van der Waals surface area contributed by atoms with Gasteiger partial charge in [-0.15, -0.1) is 5.10 Å². The maximum Gasteiger partial charge on any atom is 0.153 e. The van der Waals surface area contributed by atoms with Crippen molar-refractivity contribution in [3.05, 3.63) is 17.4 Å². The monoisotopic (exact) mass is 255 g/mol. The van der Waals surface area contributed by atoms with Crippen LogP contribution in [0.5, 0.6) is 0 Å². The number of halogens is 1. The molecule has 0 aliphatic carbocycles. The first-order valence-electron chi connectivity index (χ1n) is 6.40. The molecule has 0 unspecified atom stereocenters. The molecule has 0 aromatic carbocycles. The molecule has 0 aliphatic rings. The lowest BCUT2D eigenvalue weighted by Gasteiger charge is -2.06. The largest absolute Gasteiger partial charge is 0.384 e. The summed E-state index contributed by atoms with van der Waals surface area (Å²) in [6, 6.07) is 1.80. The van der Waals surface area contributed by atoms with E-state index in [1.54, 1.807) is 12.3 Å². The molecule has 0 atom stereocenters. The Morgan fingerprint density at radius 2 is 2.00 bits per heavy atom. The fourth-order valence-corrected chi connectivity index (χ4v) is 1.86. The Morgan fingerprint density at radius 3 is 2.71 bits per heavy atom. The van der Waals surface area contributed by atoms with Crippen LogP contribution in [-0.4, -0.2) is 16.7 Å². The molecule has 0 fully saturated rings. The number of hydrogen-bond acceptors (Lipinski definition) is 3. The lowest BCUT2D eigenvalue weighted by atomic mass is 10.0. The Bertz CT molecular complexity index is 315. The predicted octanol–water partition coefficient (Wildman–Crippen LogP) is 4.15. The molecule has 0 saturated carbocycles. The fraction of sp³-hybridized carbons (Fsp3) is 0.692. The normalized spacial score (nSPS) is 10.8. The standard InChI is InChI=1S/C13H22ClN3/c1-11(2)7-5-3-4-6-8-15-12-9-13(14)17-16-10-12/h9-11H,3-8H2,1-2H3,(H,15,17). The van der Waals surface area contributed by atoms with E-state index < -0.39 is 0 Å². The molecule has 0 saturated heterocycles. The molecule has 0 radical (unpaired) electrons.